The summed E-state index contributed by atoms with van der Waals surface area (Å²) in [6, 6.07) is 0. The molecule has 102 valence electrons. The van der Waals surface area contributed by atoms with E-state index in [4.69, 9.17) is 5.73 Å². The molecule has 0 bridgehead atoms. The standard InChI is InChI=1S/C14H25N3S/c1-4-7-8-9-18-14-12(10-15)11(5-2)13(6-3)16-17-14/h4-10,15H2,1-3H3. The number of hydrogen-bond acceptors (Lipinski definition) is 4. The summed E-state index contributed by atoms with van der Waals surface area (Å²) in [5.74, 6) is 1.12. The molecule has 0 aliphatic carbocycles. The highest BCUT2D eigenvalue weighted by Gasteiger charge is 2.13. The van der Waals surface area contributed by atoms with Crippen LogP contribution in [-0.2, 0) is 19.4 Å². The average molecular weight is 267 g/mol. The van der Waals surface area contributed by atoms with Crippen molar-refractivity contribution in [3.63, 3.8) is 0 Å². The van der Waals surface area contributed by atoms with E-state index in [-0.39, 0.29) is 0 Å². The number of aryl methyl sites for hydroxylation is 1. The van der Waals surface area contributed by atoms with Gasteiger partial charge in [0.15, 0.2) is 0 Å². The third-order valence-electron chi connectivity index (χ3n) is 3.11. The largest absolute Gasteiger partial charge is 0.326 e. The molecule has 1 aromatic heterocycles. The molecule has 0 atom stereocenters. The zero-order valence-electron chi connectivity index (χ0n) is 11.8. The van der Waals surface area contributed by atoms with Crippen molar-refractivity contribution in [2.24, 2.45) is 5.73 Å². The summed E-state index contributed by atoms with van der Waals surface area (Å²) in [7, 11) is 0. The van der Waals surface area contributed by atoms with E-state index >= 15 is 0 Å². The predicted octanol–water partition coefficient (Wildman–Crippen LogP) is 3.34. The molecule has 0 saturated heterocycles. The Bertz CT molecular complexity index is 366. The van der Waals surface area contributed by atoms with Crippen LogP contribution < -0.4 is 5.73 Å². The number of unbranched alkanes of at least 4 members (excludes halogenated alkanes) is 2. The molecule has 1 aromatic rings. The number of aromatic nitrogens is 2. The lowest BCUT2D eigenvalue weighted by atomic mass is 10.0. The first-order valence-electron chi connectivity index (χ1n) is 6.98. The van der Waals surface area contributed by atoms with Crippen LogP contribution in [0.3, 0.4) is 0 Å². The maximum atomic E-state index is 5.90. The van der Waals surface area contributed by atoms with E-state index in [0.717, 1.165) is 29.3 Å². The molecule has 18 heavy (non-hydrogen) atoms. The number of nitrogens with two attached hydrogens (primary N) is 1. The Labute approximate surface area is 115 Å². The summed E-state index contributed by atoms with van der Waals surface area (Å²) in [5, 5.41) is 9.75. The fraction of sp³-hybridized carbons (Fsp3) is 0.714. The lowest BCUT2D eigenvalue weighted by molar-refractivity contribution is 0.767. The quantitative estimate of drug-likeness (QED) is 0.580. The van der Waals surface area contributed by atoms with Crippen LogP contribution >= 0.6 is 11.8 Å². The monoisotopic (exact) mass is 267 g/mol. The molecule has 0 radical (unpaired) electrons. The Kier molecular flexibility index (Phi) is 7.28. The second-order valence-corrected chi connectivity index (χ2v) is 5.46. The minimum Gasteiger partial charge on any atom is -0.326 e. The highest BCUT2D eigenvalue weighted by Crippen LogP contribution is 2.25. The van der Waals surface area contributed by atoms with Crippen LogP contribution in [-0.4, -0.2) is 16.0 Å². The Hall–Kier alpha value is -0.610. The van der Waals surface area contributed by atoms with Gasteiger partial charge in [-0.15, -0.1) is 16.9 Å². The van der Waals surface area contributed by atoms with Crippen molar-refractivity contribution in [1.29, 1.82) is 0 Å². The first kappa shape index (κ1) is 15.4. The van der Waals surface area contributed by atoms with E-state index in [1.165, 1.54) is 30.4 Å². The van der Waals surface area contributed by atoms with Gasteiger partial charge >= 0.3 is 0 Å². The van der Waals surface area contributed by atoms with Crippen LogP contribution in [0.4, 0.5) is 0 Å². The fourth-order valence-corrected chi connectivity index (χ4v) is 3.10. The zero-order valence-corrected chi connectivity index (χ0v) is 12.6. The third kappa shape index (κ3) is 3.95. The summed E-state index contributed by atoms with van der Waals surface area (Å²) in [4.78, 5) is 0. The third-order valence-corrected chi connectivity index (χ3v) is 4.21. The summed E-state index contributed by atoms with van der Waals surface area (Å²) < 4.78 is 0. The molecule has 0 unspecified atom stereocenters. The van der Waals surface area contributed by atoms with E-state index in [1.54, 1.807) is 11.8 Å². The van der Waals surface area contributed by atoms with Crippen molar-refractivity contribution in [2.75, 3.05) is 5.75 Å². The first-order valence-corrected chi connectivity index (χ1v) is 7.97. The summed E-state index contributed by atoms with van der Waals surface area (Å²) in [6.45, 7) is 7.08. The molecule has 0 aromatic carbocycles. The van der Waals surface area contributed by atoms with Crippen LogP contribution in [0.2, 0.25) is 0 Å². The highest BCUT2D eigenvalue weighted by atomic mass is 32.2. The molecule has 0 fully saturated rings. The van der Waals surface area contributed by atoms with E-state index in [0.29, 0.717) is 6.54 Å². The van der Waals surface area contributed by atoms with Gasteiger partial charge in [0.1, 0.15) is 5.03 Å². The molecule has 0 spiro atoms. The van der Waals surface area contributed by atoms with Gasteiger partial charge in [0.2, 0.25) is 0 Å². The van der Waals surface area contributed by atoms with Crippen molar-refractivity contribution in [2.45, 2.75) is 64.4 Å². The molecule has 4 heteroatoms. The van der Waals surface area contributed by atoms with Crippen LogP contribution in [0.15, 0.2) is 5.03 Å². The first-order chi connectivity index (χ1) is 8.78. The van der Waals surface area contributed by atoms with Crippen molar-refractivity contribution in [1.82, 2.24) is 10.2 Å². The number of hydrogen-bond donors (Lipinski definition) is 1. The molecular weight excluding hydrogens is 242 g/mol. The van der Waals surface area contributed by atoms with Gasteiger partial charge in [0.25, 0.3) is 0 Å². The molecule has 0 aliphatic heterocycles. The van der Waals surface area contributed by atoms with Gasteiger partial charge in [-0.25, -0.2) is 0 Å². The Morgan fingerprint density at radius 1 is 1.00 bits per heavy atom. The van der Waals surface area contributed by atoms with E-state index in [2.05, 4.69) is 31.0 Å². The maximum Gasteiger partial charge on any atom is 0.124 e. The van der Waals surface area contributed by atoms with Gasteiger partial charge in [-0.2, -0.15) is 5.10 Å². The lowest BCUT2D eigenvalue weighted by Crippen LogP contribution is -2.10. The Balaban J connectivity index is 2.84. The Morgan fingerprint density at radius 2 is 1.78 bits per heavy atom. The molecule has 0 saturated carbocycles. The van der Waals surface area contributed by atoms with E-state index in [9.17, 15) is 0 Å². The zero-order chi connectivity index (χ0) is 13.4. The molecular formula is C14H25N3S. The number of rotatable bonds is 8. The predicted molar refractivity (Wildman–Crippen MR) is 78.9 cm³/mol. The summed E-state index contributed by atoms with van der Waals surface area (Å²) in [6.07, 6.45) is 5.71. The molecule has 3 nitrogen and oxygen atoms in total. The van der Waals surface area contributed by atoms with Crippen LogP contribution in [0.1, 0.15) is 56.9 Å². The lowest BCUT2D eigenvalue weighted by Gasteiger charge is -2.13. The minimum absolute atomic E-state index is 0.571. The van der Waals surface area contributed by atoms with Gasteiger partial charge in [0.05, 0.1) is 5.69 Å². The molecule has 0 amide bonds. The van der Waals surface area contributed by atoms with Gasteiger partial charge in [-0.3, -0.25) is 0 Å². The van der Waals surface area contributed by atoms with Gasteiger partial charge in [0, 0.05) is 12.1 Å². The summed E-state index contributed by atoms with van der Waals surface area (Å²) >= 11 is 1.81. The number of nitrogens with zero attached hydrogens (tertiary/aromatic N) is 2. The SMILES string of the molecule is CCCCCSc1nnc(CC)c(CC)c1CN. The van der Waals surface area contributed by atoms with E-state index < -0.39 is 0 Å². The van der Waals surface area contributed by atoms with Crippen LogP contribution in [0.25, 0.3) is 0 Å². The molecule has 1 heterocycles. The smallest absolute Gasteiger partial charge is 0.124 e. The highest BCUT2D eigenvalue weighted by molar-refractivity contribution is 7.99. The second-order valence-electron chi connectivity index (χ2n) is 4.38. The topological polar surface area (TPSA) is 51.8 Å². The van der Waals surface area contributed by atoms with Crippen LogP contribution in [0, 0.1) is 0 Å². The van der Waals surface area contributed by atoms with Crippen molar-refractivity contribution in [3.05, 3.63) is 16.8 Å². The van der Waals surface area contributed by atoms with Crippen LogP contribution in [0.5, 0.6) is 0 Å². The number of thioether (sulfide) groups is 1. The van der Waals surface area contributed by atoms with Crippen molar-refractivity contribution in [3.8, 4) is 0 Å². The summed E-state index contributed by atoms with van der Waals surface area (Å²) in [5.41, 5.74) is 9.53. The molecule has 1 rings (SSSR count). The molecule has 2 N–H and O–H groups in total. The average Bonchev–Trinajstić information content (AvgIpc) is 2.42. The second kappa shape index (κ2) is 8.48. The normalized spacial score (nSPS) is 10.9. The van der Waals surface area contributed by atoms with E-state index in [1.807, 2.05) is 0 Å². The molecule has 0 aliphatic rings. The van der Waals surface area contributed by atoms with Gasteiger partial charge in [-0.05, 0) is 30.6 Å². The van der Waals surface area contributed by atoms with Gasteiger partial charge < -0.3 is 5.73 Å². The van der Waals surface area contributed by atoms with Crippen molar-refractivity contribution >= 4 is 11.8 Å². The minimum atomic E-state index is 0.571. The maximum absolute atomic E-state index is 5.90. The fourth-order valence-electron chi connectivity index (χ4n) is 2.08. The van der Waals surface area contributed by atoms with Crippen molar-refractivity contribution < 1.29 is 0 Å². The van der Waals surface area contributed by atoms with Gasteiger partial charge in [-0.1, -0.05) is 33.6 Å². The Morgan fingerprint density at radius 3 is 2.33 bits per heavy atom.